The normalized spacial score (nSPS) is 12.7. The van der Waals surface area contributed by atoms with E-state index in [1.54, 1.807) is 0 Å². The summed E-state index contributed by atoms with van der Waals surface area (Å²) in [5.74, 6) is 1.65. The molecule has 0 saturated carbocycles. The molecule has 0 amide bonds. The number of benzene rings is 8. The molecule has 0 N–H and O–H groups in total. The van der Waals surface area contributed by atoms with Gasteiger partial charge < -0.3 is 9.13 Å². The molecule has 0 spiro atoms. The van der Waals surface area contributed by atoms with Gasteiger partial charge in [-0.25, -0.2) is 28.7 Å². The van der Waals surface area contributed by atoms with Gasteiger partial charge in [0, 0.05) is 61.1 Å². The van der Waals surface area contributed by atoms with Gasteiger partial charge in [-0.1, -0.05) is 243 Å². The zero-order valence-electron chi connectivity index (χ0n) is 51.3. The maximum absolute atomic E-state index is 10.7. The zero-order valence-corrected chi connectivity index (χ0v) is 54.9. The summed E-state index contributed by atoms with van der Waals surface area (Å²) in [7, 11) is -17.3. The van der Waals surface area contributed by atoms with Crippen molar-refractivity contribution in [3.05, 3.63) is 303 Å². The topological polar surface area (TPSA) is 107 Å². The zero-order chi connectivity index (χ0) is 68.0. The predicted octanol–water partition coefficient (Wildman–Crippen LogP) is 21.9. The van der Waals surface area contributed by atoms with Gasteiger partial charge in [0.1, 0.15) is 0 Å². The molecule has 0 bridgehead atoms. The Hall–Kier alpha value is -9.92. The van der Waals surface area contributed by atoms with Gasteiger partial charge in [0.15, 0.2) is 11.6 Å². The van der Waals surface area contributed by atoms with Crippen LogP contribution in [0.4, 0.5) is 50.4 Å². The summed E-state index contributed by atoms with van der Waals surface area (Å²) in [5, 5.41) is 21.0. The maximum Gasteiger partial charge on any atom is 1.00 e. The van der Waals surface area contributed by atoms with Crippen LogP contribution in [0.25, 0.3) is 90.1 Å². The molecule has 0 radical (unpaired) electrons. The molecule has 14 aromatic rings. The standard InChI is InChI=1S/2C35H28N6.2Cu.2F6P/c2*1-39-23-22-36-34(39)35(40-32(28-18-10-4-11-19-28)24-30(37-40)26-14-6-2-7-15-26)41-33(29-20-12-5-13-21-29)25-31(38-41)27-16-8-3-9-17-27;;;2*1-7(2,3,4,5)6/h2*2-25,35H,1H3;;;;/q;;2*+1;2*-1. The van der Waals surface area contributed by atoms with Gasteiger partial charge in [0.05, 0.1) is 45.6 Å². The van der Waals surface area contributed by atoms with E-state index in [1.165, 1.54) is 0 Å². The summed E-state index contributed by atoms with van der Waals surface area (Å²) in [6, 6.07) is 91.3. The van der Waals surface area contributed by atoms with Gasteiger partial charge in [0.25, 0.3) is 0 Å². The van der Waals surface area contributed by atoms with Crippen molar-refractivity contribution in [3.8, 4) is 90.1 Å². The Kier molecular flexibility index (Phi) is 20.6. The summed E-state index contributed by atoms with van der Waals surface area (Å²) in [6.45, 7) is 0. The number of imidazole rings is 2. The van der Waals surface area contributed by atoms with E-state index < -0.39 is 27.9 Å². The number of aryl methyl sites for hydroxylation is 2. The fourth-order valence-electron chi connectivity index (χ4n) is 10.5. The largest absolute Gasteiger partial charge is 1.00 e. The molecule has 98 heavy (non-hydrogen) atoms. The number of rotatable bonds is 14. The Morgan fingerprint density at radius 2 is 0.429 bits per heavy atom. The SMILES string of the molecule is Cn1ccnc1C(n1nc(-c2ccccc2)cc1-c1ccccc1)n1nc(-c2ccccc2)cc1-c1ccccc1.Cn1ccnc1C(n1nc(-c2ccccc2)cc1-c1ccccc1)n1nc(-c2ccccc2)cc1-c1ccccc1.F[P-](F)(F)(F)(F)F.F[P-](F)(F)(F)(F)F.[Cu+].[Cu+]. The molecule has 0 aliphatic heterocycles. The molecule has 12 nitrogen and oxygen atoms in total. The number of aromatic nitrogens is 12. The van der Waals surface area contributed by atoms with Crippen LogP contribution in [-0.2, 0) is 48.2 Å². The van der Waals surface area contributed by atoms with E-state index in [0.29, 0.717) is 0 Å². The summed E-state index contributed by atoms with van der Waals surface area (Å²) in [4.78, 5) is 9.69. The molecule has 6 aromatic heterocycles. The Bertz CT molecular complexity index is 4320. The first-order chi connectivity index (χ1) is 45.4. The molecule has 6 heterocycles. The van der Waals surface area contributed by atoms with Gasteiger partial charge in [-0.05, 0) is 46.5 Å². The van der Waals surface area contributed by atoms with Crippen molar-refractivity contribution in [2.75, 3.05) is 0 Å². The van der Waals surface area contributed by atoms with Crippen molar-refractivity contribution in [2.45, 2.75) is 12.3 Å². The Morgan fingerprint density at radius 1 is 0.265 bits per heavy atom. The minimum atomic E-state index is -10.7. The van der Waals surface area contributed by atoms with Crippen LogP contribution < -0.4 is 0 Å². The molecule has 0 atom stereocenters. The summed E-state index contributed by atoms with van der Waals surface area (Å²) < 4.78 is 131. The number of hydrogen-bond donors (Lipinski definition) is 0. The summed E-state index contributed by atoms with van der Waals surface area (Å²) in [5.41, 5.74) is 16.0. The van der Waals surface area contributed by atoms with Crippen LogP contribution in [0.3, 0.4) is 0 Å². The molecule has 0 unspecified atom stereocenters. The third kappa shape index (κ3) is 19.6. The molecular weight excluding hydrogens is 1430 g/mol. The van der Waals surface area contributed by atoms with E-state index in [9.17, 15) is 50.4 Å². The van der Waals surface area contributed by atoms with E-state index in [1.807, 2.05) is 145 Å². The third-order valence-electron chi connectivity index (χ3n) is 14.6. The van der Waals surface area contributed by atoms with Crippen molar-refractivity contribution >= 4 is 15.6 Å². The van der Waals surface area contributed by atoms with Crippen LogP contribution in [0.5, 0.6) is 0 Å². The molecule has 14 rings (SSSR count). The van der Waals surface area contributed by atoms with Gasteiger partial charge in [-0.3, -0.25) is 0 Å². The first kappa shape index (κ1) is 72.4. The number of halogens is 12. The molecular formula is C70H56Cu2F12N12P2. The van der Waals surface area contributed by atoms with Gasteiger partial charge in [-0.2, -0.15) is 20.4 Å². The van der Waals surface area contributed by atoms with Gasteiger partial charge in [0.2, 0.25) is 12.3 Å². The minimum absolute atomic E-state index is 0. The van der Waals surface area contributed by atoms with Crippen LogP contribution >= 0.6 is 15.6 Å². The van der Waals surface area contributed by atoms with Crippen LogP contribution in [0.1, 0.15) is 24.0 Å². The Morgan fingerprint density at radius 3 is 0.582 bits per heavy atom. The number of nitrogens with zero attached hydrogens (tertiary/aromatic N) is 12. The van der Waals surface area contributed by atoms with E-state index >= 15 is 0 Å². The average Bonchev–Trinajstić information content (AvgIpc) is 1.65. The van der Waals surface area contributed by atoms with Crippen molar-refractivity contribution in [1.82, 2.24) is 58.2 Å². The first-order valence-electron chi connectivity index (χ1n) is 29.3. The smallest absolute Gasteiger partial charge is 1.00 e. The van der Waals surface area contributed by atoms with Crippen molar-refractivity contribution in [2.24, 2.45) is 14.1 Å². The number of hydrogen-bond acceptors (Lipinski definition) is 6. The Labute approximate surface area is 575 Å². The van der Waals surface area contributed by atoms with Crippen LogP contribution in [0.2, 0.25) is 0 Å². The Balaban J connectivity index is 0.000000189. The van der Waals surface area contributed by atoms with E-state index in [4.69, 9.17) is 30.4 Å². The van der Waals surface area contributed by atoms with Crippen molar-refractivity contribution < 1.29 is 84.5 Å². The molecule has 8 aromatic carbocycles. The fourth-order valence-corrected chi connectivity index (χ4v) is 10.5. The second-order valence-corrected chi connectivity index (χ2v) is 25.7. The molecule has 0 aliphatic carbocycles. The molecule has 0 fully saturated rings. The average molecular weight is 1480 g/mol. The van der Waals surface area contributed by atoms with Crippen LogP contribution in [0.15, 0.2) is 292 Å². The summed E-state index contributed by atoms with van der Waals surface area (Å²) >= 11 is 0. The van der Waals surface area contributed by atoms with Crippen LogP contribution in [0, 0.1) is 0 Å². The van der Waals surface area contributed by atoms with E-state index in [2.05, 4.69) is 189 Å². The van der Waals surface area contributed by atoms with Crippen LogP contribution in [-0.4, -0.2) is 58.2 Å². The summed E-state index contributed by atoms with van der Waals surface area (Å²) in [6.07, 6.45) is 6.67. The van der Waals surface area contributed by atoms with Crippen molar-refractivity contribution in [1.29, 1.82) is 0 Å². The third-order valence-corrected chi connectivity index (χ3v) is 14.6. The van der Waals surface area contributed by atoms with Crippen molar-refractivity contribution in [3.63, 3.8) is 0 Å². The molecule has 0 saturated heterocycles. The first-order valence-corrected chi connectivity index (χ1v) is 33.4. The van der Waals surface area contributed by atoms with E-state index in [-0.39, 0.29) is 34.1 Å². The minimum Gasteiger partial charge on any atom is 1.00 e. The fraction of sp³-hybridized carbons (Fsp3) is 0.0571. The van der Waals surface area contributed by atoms with Gasteiger partial charge >= 0.3 is 100 Å². The molecule has 0 aliphatic rings. The second kappa shape index (κ2) is 27.9. The quantitative estimate of drug-likeness (QED) is 0.0610. The van der Waals surface area contributed by atoms with Gasteiger partial charge in [-0.15, -0.1) is 0 Å². The molecule has 512 valence electrons. The second-order valence-electron chi connectivity index (χ2n) is 21.8. The molecule has 28 heteroatoms. The maximum atomic E-state index is 9.87. The predicted molar refractivity (Wildman–Crippen MR) is 353 cm³/mol. The van der Waals surface area contributed by atoms with E-state index in [0.717, 1.165) is 102 Å². The monoisotopic (exact) mass is 1480 g/mol.